The van der Waals surface area contributed by atoms with Crippen molar-refractivity contribution in [1.82, 2.24) is 0 Å². The summed E-state index contributed by atoms with van der Waals surface area (Å²) in [4.78, 5) is 11.9. The molecular formula is C15H12O2. The average Bonchev–Trinajstić information content (AvgIpc) is 2.65. The van der Waals surface area contributed by atoms with Gasteiger partial charge in [-0.1, -0.05) is 48.0 Å². The highest BCUT2D eigenvalue weighted by atomic mass is 16.5. The number of carbonyl (C=O) groups is 1. The van der Waals surface area contributed by atoms with E-state index in [9.17, 15) is 4.79 Å². The minimum absolute atomic E-state index is 0.184. The first-order valence-corrected chi connectivity index (χ1v) is 5.63. The normalized spacial score (nSPS) is 17.7. The van der Waals surface area contributed by atoms with Gasteiger partial charge in [0.1, 0.15) is 11.7 Å². The van der Waals surface area contributed by atoms with E-state index in [1.54, 1.807) is 0 Å². The second kappa shape index (κ2) is 3.74. The second-order valence-electron chi connectivity index (χ2n) is 4.31. The third-order valence-electron chi connectivity index (χ3n) is 3.06. The zero-order chi connectivity index (χ0) is 11.8. The van der Waals surface area contributed by atoms with Gasteiger partial charge >= 0.3 is 5.97 Å². The largest absolute Gasteiger partial charge is 0.425 e. The van der Waals surface area contributed by atoms with Gasteiger partial charge in [0, 0.05) is 5.56 Å². The second-order valence-corrected chi connectivity index (χ2v) is 4.31. The molecule has 0 saturated carbocycles. The molecule has 0 aromatic heterocycles. The number of ether oxygens (including phenoxy) is 1. The predicted octanol–water partition coefficient (Wildman–Crippen LogP) is 3.05. The minimum atomic E-state index is -0.272. The smallest absolute Gasteiger partial charge is 0.323 e. The highest BCUT2D eigenvalue weighted by Crippen LogP contribution is 2.39. The molecule has 1 heterocycles. The quantitative estimate of drug-likeness (QED) is 0.549. The van der Waals surface area contributed by atoms with Crippen LogP contribution in [-0.4, -0.2) is 5.97 Å². The minimum Gasteiger partial charge on any atom is -0.425 e. The lowest BCUT2D eigenvalue weighted by molar-refractivity contribution is -0.133. The van der Waals surface area contributed by atoms with Crippen LogP contribution in [0.1, 0.15) is 22.6 Å². The molecule has 0 amide bonds. The molecule has 3 rings (SSSR count). The van der Waals surface area contributed by atoms with E-state index in [1.807, 2.05) is 55.5 Å². The summed E-state index contributed by atoms with van der Waals surface area (Å²) >= 11 is 0. The predicted molar refractivity (Wildman–Crippen MR) is 65.1 cm³/mol. The fraction of sp³-hybridized carbons (Fsp3) is 0.133. The molecule has 2 heteroatoms. The van der Waals surface area contributed by atoms with Gasteiger partial charge in [-0.25, -0.2) is 0 Å². The molecule has 1 atom stereocenters. The zero-order valence-corrected chi connectivity index (χ0v) is 9.51. The van der Waals surface area contributed by atoms with E-state index in [0.717, 1.165) is 16.7 Å². The maximum absolute atomic E-state index is 11.9. The lowest BCUT2D eigenvalue weighted by Gasteiger charge is -2.07. The van der Waals surface area contributed by atoms with Gasteiger partial charge in [0.25, 0.3) is 0 Å². The summed E-state index contributed by atoms with van der Waals surface area (Å²) in [5.74, 6) is 0.234. The Morgan fingerprint density at radius 3 is 2.59 bits per heavy atom. The van der Waals surface area contributed by atoms with Crippen LogP contribution >= 0.6 is 0 Å². The van der Waals surface area contributed by atoms with E-state index < -0.39 is 0 Å². The van der Waals surface area contributed by atoms with Crippen molar-refractivity contribution in [3.63, 3.8) is 0 Å². The molecular weight excluding hydrogens is 212 g/mol. The first-order chi connectivity index (χ1) is 8.25. The number of rotatable bonds is 1. The Bertz CT molecular complexity index is 573. The number of benzene rings is 2. The van der Waals surface area contributed by atoms with Crippen LogP contribution in [0.25, 0.3) is 0 Å². The van der Waals surface area contributed by atoms with E-state index in [0.29, 0.717) is 5.75 Å². The molecule has 17 heavy (non-hydrogen) atoms. The molecule has 2 aromatic carbocycles. The maximum Gasteiger partial charge on any atom is 0.323 e. The summed E-state index contributed by atoms with van der Waals surface area (Å²) in [6.07, 6.45) is 0. The van der Waals surface area contributed by atoms with Crippen molar-refractivity contribution in [2.75, 3.05) is 0 Å². The molecule has 1 aliphatic rings. The van der Waals surface area contributed by atoms with Crippen molar-refractivity contribution >= 4 is 5.97 Å². The third kappa shape index (κ3) is 1.62. The van der Waals surface area contributed by atoms with Crippen LogP contribution in [0.2, 0.25) is 0 Å². The summed E-state index contributed by atoms with van der Waals surface area (Å²) < 4.78 is 5.29. The van der Waals surface area contributed by atoms with Gasteiger partial charge in [-0.05, 0) is 18.6 Å². The van der Waals surface area contributed by atoms with Crippen molar-refractivity contribution < 1.29 is 9.53 Å². The number of fused-ring (bicyclic) bond motifs is 1. The molecule has 0 saturated heterocycles. The van der Waals surface area contributed by atoms with Gasteiger partial charge in [0.15, 0.2) is 0 Å². The van der Waals surface area contributed by atoms with Crippen molar-refractivity contribution in [1.29, 1.82) is 0 Å². The van der Waals surface area contributed by atoms with E-state index in [1.165, 1.54) is 0 Å². The lowest BCUT2D eigenvalue weighted by atomic mass is 9.92. The van der Waals surface area contributed by atoms with Crippen LogP contribution < -0.4 is 4.74 Å². The van der Waals surface area contributed by atoms with Crippen molar-refractivity contribution in [2.45, 2.75) is 12.8 Å². The van der Waals surface area contributed by atoms with Gasteiger partial charge in [0.05, 0.1) is 0 Å². The van der Waals surface area contributed by atoms with Crippen molar-refractivity contribution in [3.05, 3.63) is 65.2 Å². The molecule has 1 aliphatic heterocycles. The fourth-order valence-electron chi connectivity index (χ4n) is 2.24. The zero-order valence-electron chi connectivity index (χ0n) is 9.51. The molecule has 0 unspecified atom stereocenters. The average molecular weight is 224 g/mol. The Hall–Kier alpha value is -2.09. The van der Waals surface area contributed by atoms with Gasteiger partial charge in [-0.2, -0.15) is 0 Å². The molecule has 0 radical (unpaired) electrons. The Labute approximate surface area is 99.9 Å². The molecule has 0 bridgehead atoms. The van der Waals surface area contributed by atoms with Gasteiger partial charge in [-0.3, -0.25) is 4.79 Å². The topological polar surface area (TPSA) is 26.3 Å². The Kier molecular flexibility index (Phi) is 2.22. The number of aryl methyl sites for hydroxylation is 1. The molecule has 0 fully saturated rings. The van der Waals surface area contributed by atoms with Crippen LogP contribution in [0.4, 0.5) is 0 Å². The van der Waals surface area contributed by atoms with Gasteiger partial charge in [0.2, 0.25) is 0 Å². The van der Waals surface area contributed by atoms with Crippen LogP contribution in [-0.2, 0) is 4.79 Å². The summed E-state index contributed by atoms with van der Waals surface area (Å²) in [7, 11) is 0. The Balaban J connectivity index is 2.14. The highest BCUT2D eigenvalue weighted by molar-refractivity contribution is 5.89. The number of hydrogen-bond donors (Lipinski definition) is 0. The number of hydrogen-bond acceptors (Lipinski definition) is 2. The lowest BCUT2D eigenvalue weighted by Crippen LogP contribution is -2.11. The number of carbonyl (C=O) groups excluding carboxylic acids is 1. The fourth-order valence-corrected chi connectivity index (χ4v) is 2.24. The van der Waals surface area contributed by atoms with Crippen molar-refractivity contribution in [2.24, 2.45) is 0 Å². The number of esters is 1. The Morgan fingerprint density at radius 1 is 1.06 bits per heavy atom. The standard InChI is InChI=1S/C15H12O2/c1-10-7-8-13-12(9-10)14(15(16)17-13)11-5-3-2-4-6-11/h2-9,14H,1H3/t14-/m0/s1. The van der Waals surface area contributed by atoms with Crippen LogP contribution in [0.15, 0.2) is 48.5 Å². The summed E-state index contributed by atoms with van der Waals surface area (Å²) in [5, 5.41) is 0. The monoisotopic (exact) mass is 224 g/mol. The molecule has 2 nitrogen and oxygen atoms in total. The van der Waals surface area contributed by atoms with E-state index in [4.69, 9.17) is 4.74 Å². The summed E-state index contributed by atoms with van der Waals surface area (Å²) in [6.45, 7) is 2.02. The molecule has 0 spiro atoms. The van der Waals surface area contributed by atoms with Crippen LogP contribution in [0, 0.1) is 6.92 Å². The first-order valence-electron chi connectivity index (χ1n) is 5.63. The Morgan fingerprint density at radius 2 is 1.82 bits per heavy atom. The van der Waals surface area contributed by atoms with Gasteiger partial charge < -0.3 is 4.74 Å². The molecule has 0 N–H and O–H groups in total. The third-order valence-corrected chi connectivity index (χ3v) is 3.06. The van der Waals surface area contributed by atoms with Crippen molar-refractivity contribution in [3.8, 4) is 5.75 Å². The van der Waals surface area contributed by atoms with E-state index >= 15 is 0 Å². The first kappa shape index (κ1) is 10.1. The van der Waals surface area contributed by atoms with Gasteiger partial charge in [-0.15, -0.1) is 0 Å². The van der Waals surface area contributed by atoms with E-state index in [2.05, 4.69) is 0 Å². The molecule has 0 aliphatic carbocycles. The maximum atomic E-state index is 11.9. The summed E-state index contributed by atoms with van der Waals surface area (Å²) in [6, 6.07) is 15.6. The van der Waals surface area contributed by atoms with E-state index in [-0.39, 0.29) is 11.9 Å². The SMILES string of the molecule is Cc1ccc2c(c1)[C@H](c1ccccc1)C(=O)O2. The highest BCUT2D eigenvalue weighted by Gasteiger charge is 2.34. The van der Waals surface area contributed by atoms with Crippen LogP contribution in [0.5, 0.6) is 5.75 Å². The molecule has 2 aromatic rings. The van der Waals surface area contributed by atoms with Crippen LogP contribution in [0.3, 0.4) is 0 Å². The molecule has 84 valence electrons. The summed E-state index contributed by atoms with van der Waals surface area (Å²) in [5.41, 5.74) is 3.10.